The van der Waals surface area contributed by atoms with E-state index in [2.05, 4.69) is 15.3 Å². The highest BCUT2D eigenvalue weighted by Gasteiger charge is 2.07. The Morgan fingerprint density at radius 2 is 2.00 bits per heavy atom. The van der Waals surface area contributed by atoms with Crippen molar-refractivity contribution in [3.05, 3.63) is 48.3 Å². The van der Waals surface area contributed by atoms with E-state index in [1.807, 2.05) is 0 Å². The fraction of sp³-hybridized carbons (Fsp3) is 0. The molecule has 3 N–H and O–H groups in total. The number of hydrogen-bond donors (Lipinski definition) is 2. The second-order valence-corrected chi connectivity index (χ2v) is 3.75. The predicted molar refractivity (Wildman–Crippen MR) is 67.6 cm³/mol. The Morgan fingerprint density at radius 3 is 2.65 bits per heavy atom. The first-order valence-corrected chi connectivity index (χ1v) is 5.19. The van der Waals surface area contributed by atoms with Gasteiger partial charge in [-0.25, -0.2) is 14.4 Å². The largest absolute Gasteiger partial charge is 0.389 e. The van der Waals surface area contributed by atoms with E-state index in [0.717, 1.165) is 0 Å². The highest BCUT2D eigenvalue weighted by atomic mass is 32.1. The number of benzene rings is 1. The van der Waals surface area contributed by atoms with Crippen LogP contribution in [0.4, 0.5) is 15.8 Å². The average Bonchev–Trinajstić information content (AvgIpc) is 2.32. The Kier molecular flexibility index (Phi) is 3.24. The molecular formula is C11H9FN4S. The molecule has 2 rings (SSSR count). The van der Waals surface area contributed by atoms with Gasteiger partial charge in [0.2, 0.25) is 0 Å². The lowest BCUT2D eigenvalue weighted by Gasteiger charge is -2.10. The Labute approximate surface area is 103 Å². The maximum absolute atomic E-state index is 13.1. The number of nitrogens with zero attached hydrogens (tertiary/aromatic N) is 2. The molecule has 0 saturated carbocycles. The van der Waals surface area contributed by atoms with Gasteiger partial charge in [-0.2, -0.15) is 0 Å². The molecule has 1 aromatic carbocycles. The van der Waals surface area contributed by atoms with Gasteiger partial charge in [-0.3, -0.25) is 0 Å². The summed E-state index contributed by atoms with van der Waals surface area (Å²) in [5.74, 6) is -0.386. The van der Waals surface area contributed by atoms with Crippen molar-refractivity contribution in [3.8, 4) is 0 Å². The van der Waals surface area contributed by atoms with Crippen molar-refractivity contribution in [2.75, 3.05) is 5.32 Å². The molecule has 1 aromatic heterocycles. The molecule has 0 amide bonds. The Hall–Kier alpha value is -2.08. The summed E-state index contributed by atoms with van der Waals surface area (Å²) in [6, 6.07) is 4.18. The zero-order chi connectivity index (χ0) is 12.3. The van der Waals surface area contributed by atoms with Gasteiger partial charge in [0.25, 0.3) is 0 Å². The summed E-state index contributed by atoms with van der Waals surface area (Å²) < 4.78 is 13.1. The van der Waals surface area contributed by atoms with Crippen molar-refractivity contribution >= 4 is 28.6 Å². The SMILES string of the molecule is NC(=S)c1cc(F)ccc1Nc1cncnc1. The Balaban J connectivity index is 2.36. The standard InChI is InChI=1S/C11H9FN4S/c12-7-1-2-10(9(3-7)11(13)17)16-8-4-14-6-15-5-8/h1-6,16H,(H2,13,17). The second kappa shape index (κ2) is 4.84. The quantitative estimate of drug-likeness (QED) is 0.813. The summed E-state index contributed by atoms with van der Waals surface area (Å²) in [7, 11) is 0. The predicted octanol–water partition coefficient (Wildman–Crippen LogP) is 1.99. The van der Waals surface area contributed by atoms with E-state index >= 15 is 0 Å². The van der Waals surface area contributed by atoms with Crippen molar-refractivity contribution in [3.63, 3.8) is 0 Å². The molecule has 0 aliphatic rings. The van der Waals surface area contributed by atoms with E-state index in [1.165, 1.54) is 18.5 Å². The lowest BCUT2D eigenvalue weighted by atomic mass is 10.1. The van der Waals surface area contributed by atoms with Gasteiger partial charge in [-0.05, 0) is 18.2 Å². The zero-order valence-corrected chi connectivity index (χ0v) is 9.54. The van der Waals surface area contributed by atoms with E-state index in [9.17, 15) is 4.39 Å². The summed E-state index contributed by atoms with van der Waals surface area (Å²) in [6.45, 7) is 0. The van der Waals surface area contributed by atoms with Crippen molar-refractivity contribution in [2.24, 2.45) is 5.73 Å². The number of hydrogen-bond acceptors (Lipinski definition) is 4. The third-order valence-electron chi connectivity index (χ3n) is 2.09. The van der Waals surface area contributed by atoms with E-state index in [1.54, 1.807) is 18.5 Å². The fourth-order valence-electron chi connectivity index (χ4n) is 1.35. The van der Waals surface area contributed by atoms with Gasteiger partial charge in [0.05, 0.1) is 18.1 Å². The molecule has 0 unspecified atom stereocenters. The van der Waals surface area contributed by atoms with Crippen LogP contribution in [0.1, 0.15) is 5.56 Å². The van der Waals surface area contributed by atoms with Gasteiger partial charge in [0.15, 0.2) is 0 Å². The van der Waals surface area contributed by atoms with Crippen LogP contribution in [0.25, 0.3) is 0 Å². The maximum Gasteiger partial charge on any atom is 0.124 e. The first-order valence-electron chi connectivity index (χ1n) is 4.78. The summed E-state index contributed by atoms with van der Waals surface area (Å²) >= 11 is 4.87. The van der Waals surface area contributed by atoms with Crippen LogP contribution in [-0.4, -0.2) is 15.0 Å². The van der Waals surface area contributed by atoms with E-state index < -0.39 is 0 Å². The highest BCUT2D eigenvalue weighted by Crippen LogP contribution is 2.20. The summed E-state index contributed by atoms with van der Waals surface area (Å²) in [6.07, 6.45) is 4.61. The van der Waals surface area contributed by atoms with E-state index in [-0.39, 0.29) is 10.8 Å². The number of halogens is 1. The van der Waals surface area contributed by atoms with Crippen LogP contribution in [0.5, 0.6) is 0 Å². The van der Waals surface area contributed by atoms with Gasteiger partial charge in [-0.1, -0.05) is 12.2 Å². The summed E-state index contributed by atoms with van der Waals surface area (Å²) in [5, 5.41) is 3.02. The van der Waals surface area contributed by atoms with Gasteiger partial charge in [0.1, 0.15) is 17.1 Å². The molecule has 0 atom stereocenters. The van der Waals surface area contributed by atoms with Gasteiger partial charge in [-0.15, -0.1) is 0 Å². The van der Waals surface area contributed by atoms with Crippen LogP contribution < -0.4 is 11.1 Å². The minimum atomic E-state index is -0.386. The smallest absolute Gasteiger partial charge is 0.124 e. The number of rotatable bonds is 3. The molecule has 0 aliphatic carbocycles. The molecule has 0 bridgehead atoms. The van der Waals surface area contributed by atoms with Gasteiger partial charge < -0.3 is 11.1 Å². The average molecular weight is 248 g/mol. The molecule has 0 spiro atoms. The Morgan fingerprint density at radius 1 is 1.29 bits per heavy atom. The molecule has 6 heteroatoms. The normalized spacial score (nSPS) is 9.94. The first kappa shape index (κ1) is 11.4. The second-order valence-electron chi connectivity index (χ2n) is 3.31. The molecule has 2 aromatic rings. The number of nitrogens with two attached hydrogens (primary N) is 1. The van der Waals surface area contributed by atoms with Crippen LogP contribution >= 0.6 is 12.2 Å². The van der Waals surface area contributed by atoms with Crippen LogP contribution in [-0.2, 0) is 0 Å². The topological polar surface area (TPSA) is 63.8 Å². The third-order valence-corrected chi connectivity index (χ3v) is 2.31. The number of anilines is 2. The van der Waals surface area contributed by atoms with E-state index in [0.29, 0.717) is 16.9 Å². The first-order chi connectivity index (χ1) is 8.16. The molecule has 0 saturated heterocycles. The minimum Gasteiger partial charge on any atom is -0.389 e. The number of thiocarbonyl (C=S) groups is 1. The summed E-state index contributed by atoms with van der Waals surface area (Å²) in [5.41, 5.74) is 7.28. The van der Waals surface area contributed by atoms with Crippen molar-refractivity contribution in [2.45, 2.75) is 0 Å². The van der Waals surface area contributed by atoms with Crippen LogP contribution in [0.2, 0.25) is 0 Å². The fourth-order valence-corrected chi connectivity index (χ4v) is 1.52. The molecular weight excluding hydrogens is 239 g/mol. The van der Waals surface area contributed by atoms with E-state index in [4.69, 9.17) is 18.0 Å². The molecule has 17 heavy (non-hydrogen) atoms. The lowest BCUT2D eigenvalue weighted by Crippen LogP contribution is -2.12. The Bertz CT molecular complexity index is 544. The number of aromatic nitrogens is 2. The van der Waals surface area contributed by atoms with Crippen molar-refractivity contribution < 1.29 is 4.39 Å². The van der Waals surface area contributed by atoms with Crippen molar-refractivity contribution in [1.29, 1.82) is 0 Å². The van der Waals surface area contributed by atoms with Gasteiger partial charge >= 0.3 is 0 Å². The molecule has 1 heterocycles. The molecule has 86 valence electrons. The highest BCUT2D eigenvalue weighted by molar-refractivity contribution is 7.80. The lowest BCUT2D eigenvalue weighted by molar-refractivity contribution is 0.628. The monoisotopic (exact) mass is 248 g/mol. The summed E-state index contributed by atoms with van der Waals surface area (Å²) in [4.78, 5) is 7.85. The number of nitrogens with one attached hydrogen (secondary N) is 1. The van der Waals surface area contributed by atoms with Crippen LogP contribution in [0, 0.1) is 5.82 Å². The van der Waals surface area contributed by atoms with Crippen LogP contribution in [0.3, 0.4) is 0 Å². The minimum absolute atomic E-state index is 0.129. The van der Waals surface area contributed by atoms with Crippen LogP contribution in [0.15, 0.2) is 36.9 Å². The maximum atomic E-state index is 13.1. The molecule has 4 nitrogen and oxygen atoms in total. The van der Waals surface area contributed by atoms with Gasteiger partial charge in [0, 0.05) is 11.3 Å². The molecule has 0 fully saturated rings. The third kappa shape index (κ3) is 2.73. The van der Waals surface area contributed by atoms with Crippen molar-refractivity contribution in [1.82, 2.24) is 9.97 Å². The molecule has 0 radical (unpaired) electrons. The zero-order valence-electron chi connectivity index (χ0n) is 8.72. The molecule has 0 aliphatic heterocycles.